The summed E-state index contributed by atoms with van der Waals surface area (Å²) in [5.74, 6) is 0. The number of aromatic nitrogens is 3. The Balaban J connectivity index is 2.55. The number of nitrogens with zero attached hydrogens (tertiary/aromatic N) is 3. The van der Waals surface area contributed by atoms with Gasteiger partial charge in [0.25, 0.3) is 0 Å². The van der Waals surface area contributed by atoms with Crippen LogP contribution in [-0.4, -0.2) is 26.7 Å². The van der Waals surface area contributed by atoms with Crippen LogP contribution >= 0.6 is 0 Å². The Hall–Kier alpha value is -0.900. The molecule has 0 bridgehead atoms. The van der Waals surface area contributed by atoms with Gasteiger partial charge in [-0.25, -0.2) is 4.68 Å². The largest absolute Gasteiger partial charge is 0.396 e. The Kier molecular flexibility index (Phi) is 4.59. The molecule has 1 rings (SSSR count). The summed E-state index contributed by atoms with van der Waals surface area (Å²) in [6, 6.07) is 0. The van der Waals surface area contributed by atoms with Crippen LogP contribution < -0.4 is 0 Å². The topological polar surface area (TPSA) is 50.9 Å². The quantitative estimate of drug-likeness (QED) is 0.748. The van der Waals surface area contributed by atoms with Crippen LogP contribution in [0.4, 0.5) is 0 Å². The van der Waals surface area contributed by atoms with Crippen LogP contribution in [0.15, 0.2) is 0 Å². The SMILES string of the molecule is CCCCn1nnc(CCCO)c1C. The first-order valence-electron chi connectivity index (χ1n) is 5.29. The molecule has 0 spiro atoms. The molecule has 0 amide bonds. The van der Waals surface area contributed by atoms with Crippen molar-refractivity contribution in [2.24, 2.45) is 0 Å². The molecule has 0 fully saturated rings. The molecule has 14 heavy (non-hydrogen) atoms. The van der Waals surface area contributed by atoms with Gasteiger partial charge in [-0.05, 0) is 26.2 Å². The molecule has 1 heterocycles. The van der Waals surface area contributed by atoms with Crippen LogP contribution in [0.5, 0.6) is 0 Å². The summed E-state index contributed by atoms with van der Waals surface area (Å²) in [4.78, 5) is 0. The third-order valence-electron chi connectivity index (χ3n) is 2.37. The van der Waals surface area contributed by atoms with Crippen LogP contribution in [0.25, 0.3) is 0 Å². The first-order chi connectivity index (χ1) is 6.79. The standard InChI is InChI=1S/C10H19N3O/c1-3-4-7-13-9(2)10(11-12-13)6-5-8-14/h14H,3-8H2,1-2H3. The predicted octanol–water partition coefficient (Wildman–Crippen LogP) is 1.31. The summed E-state index contributed by atoms with van der Waals surface area (Å²) in [6.07, 6.45) is 3.91. The lowest BCUT2D eigenvalue weighted by atomic mass is 10.2. The average molecular weight is 197 g/mol. The summed E-state index contributed by atoms with van der Waals surface area (Å²) in [7, 11) is 0. The molecule has 4 nitrogen and oxygen atoms in total. The highest BCUT2D eigenvalue weighted by molar-refractivity contribution is 5.07. The zero-order valence-corrected chi connectivity index (χ0v) is 9.03. The van der Waals surface area contributed by atoms with Crippen molar-refractivity contribution in [1.29, 1.82) is 0 Å². The van der Waals surface area contributed by atoms with E-state index in [1.807, 2.05) is 11.6 Å². The number of hydrogen-bond donors (Lipinski definition) is 1. The molecule has 0 radical (unpaired) electrons. The van der Waals surface area contributed by atoms with E-state index >= 15 is 0 Å². The Morgan fingerprint density at radius 2 is 2.14 bits per heavy atom. The molecule has 0 aliphatic carbocycles. The molecule has 80 valence electrons. The van der Waals surface area contributed by atoms with Crippen molar-refractivity contribution in [1.82, 2.24) is 15.0 Å². The smallest absolute Gasteiger partial charge is 0.0857 e. The van der Waals surface area contributed by atoms with Gasteiger partial charge in [-0.15, -0.1) is 5.10 Å². The van der Waals surface area contributed by atoms with E-state index < -0.39 is 0 Å². The van der Waals surface area contributed by atoms with E-state index in [4.69, 9.17) is 5.11 Å². The lowest BCUT2D eigenvalue weighted by molar-refractivity contribution is 0.288. The predicted molar refractivity (Wildman–Crippen MR) is 55.1 cm³/mol. The Morgan fingerprint density at radius 1 is 1.36 bits per heavy atom. The highest BCUT2D eigenvalue weighted by Gasteiger charge is 2.06. The first-order valence-corrected chi connectivity index (χ1v) is 5.29. The average Bonchev–Trinajstić information content (AvgIpc) is 2.54. The van der Waals surface area contributed by atoms with Gasteiger partial charge in [0.15, 0.2) is 0 Å². The molecular weight excluding hydrogens is 178 g/mol. The summed E-state index contributed by atoms with van der Waals surface area (Å²) < 4.78 is 1.95. The molecule has 0 aromatic carbocycles. The van der Waals surface area contributed by atoms with Crippen LogP contribution in [0, 0.1) is 6.92 Å². The lowest BCUT2D eigenvalue weighted by Gasteiger charge is -2.01. The zero-order chi connectivity index (χ0) is 10.4. The number of unbranched alkanes of at least 4 members (excludes halogenated alkanes) is 1. The molecule has 4 heteroatoms. The monoisotopic (exact) mass is 197 g/mol. The molecule has 1 aromatic rings. The summed E-state index contributed by atoms with van der Waals surface area (Å²) in [5, 5.41) is 16.9. The zero-order valence-electron chi connectivity index (χ0n) is 9.03. The fourth-order valence-electron chi connectivity index (χ4n) is 1.39. The van der Waals surface area contributed by atoms with Crippen molar-refractivity contribution in [3.63, 3.8) is 0 Å². The Labute approximate surface area is 84.9 Å². The molecule has 0 unspecified atom stereocenters. The molecule has 0 aliphatic rings. The normalized spacial score (nSPS) is 10.8. The Bertz CT molecular complexity index is 245. The third kappa shape index (κ3) is 2.80. The van der Waals surface area contributed by atoms with E-state index in [0.717, 1.165) is 37.2 Å². The maximum absolute atomic E-state index is 8.71. The minimum atomic E-state index is 0.223. The maximum Gasteiger partial charge on any atom is 0.0857 e. The molecule has 0 saturated heterocycles. The van der Waals surface area contributed by atoms with E-state index in [1.165, 1.54) is 6.42 Å². The van der Waals surface area contributed by atoms with Gasteiger partial charge in [0, 0.05) is 13.2 Å². The first kappa shape index (κ1) is 11.2. The molecular formula is C10H19N3O. The molecule has 1 aromatic heterocycles. The van der Waals surface area contributed by atoms with Crippen molar-refractivity contribution >= 4 is 0 Å². The van der Waals surface area contributed by atoms with Gasteiger partial charge in [-0.1, -0.05) is 18.6 Å². The number of hydrogen-bond acceptors (Lipinski definition) is 3. The van der Waals surface area contributed by atoms with Gasteiger partial charge >= 0.3 is 0 Å². The van der Waals surface area contributed by atoms with E-state index in [1.54, 1.807) is 0 Å². The van der Waals surface area contributed by atoms with Gasteiger partial charge in [-0.2, -0.15) is 0 Å². The highest BCUT2D eigenvalue weighted by atomic mass is 16.2. The number of rotatable bonds is 6. The third-order valence-corrected chi connectivity index (χ3v) is 2.37. The van der Waals surface area contributed by atoms with Gasteiger partial charge in [-0.3, -0.25) is 0 Å². The van der Waals surface area contributed by atoms with Gasteiger partial charge in [0.1, 0.15) is 0 Å². The van der Waals surface area contributed by atoms with Crippen molar-refractivity contribution in [3.8, 4) is 0 Å². The second-order valence-corrected chi connectivity index (χ2v) is 3.53. The summed E-state index contributed by atoms with van der Waals surface area (Å²) >= 11 is 0. The van der Waals surface area contributed by atoms with E-state index in [-0.39, 0.29) is 6.61 Å². The van der Waals surface area contributed by atoms with Gasteiger partial charge < -0.3 is 5.11 Å². The highest BCUT2D eigenvalue weighted by Crippen LogP contribution is 2.07. The Morgan fingerprint density at radius 3 is 2.79 bits per heavy atom. The number of aryl methyl sites for hydroxylation is 2. The van der Waals surface area contributed by atoms with Gasteiger partial charge in [0.2, 0.25) is 0 Å². The molecule has 1 N–H and O–H groups in total. The summed E-state index contributed by atoms with van der Waals surface area (Å²) in [5.41, 5.74) is 2.17. The minimum absolute atomic E-state index is 0.223. The van der Waals surface area contributed by atoms with Crippen molar-refractivity contribution in [2.75, 3.05) is 6.61 Å². The van der Waals surface area contributed by atoms with Crippen molar-refractivity contribution in [3.05, 3.63) is 11.4 Å². The van der Waals surface area contributed by atoms with E-state index in [0.29, 0.717) is 0 Å². The summed E-state index contributed by atoms with van der Waals surface area (Å²) in [6.45, 7) is 5.39. The van der Waals surface area contributed by atoms with Crippen LogP contribution in [0.1, 0.15) is 37.6 Å². The second-order valence-electron chi connectivity index (χ2n) is 3.53. The van der Waals surface area contributed by atoms with Crippen LogP contribution in [-0.2, 0) is 13.0 Å². The number of aliphatic hydroxyl groups excluding tert-OH is 1. The maximum atomic E-state index is 8.71. The molecule has 0 aliphatic heterocycles. The minimum Gasteiger partial charge on any atom is -0.396 e. The van der Waals surface area contributed by atoms with Crippen molar-refractivity contribution < 1.29 is 5.11 Å². The van der Waals surface area contributed by atoms with Gasteiger partial charge in [0.05, 0.1) is 11.4 Å². The fourth-order valence-corrected chi connectivity index (χ4v) is 1.39. The number of aliphatic hydroxyl groups is 1. The molecule has 0 atom stereocenters. The fraction of sp³-hybridized carbons (Fsp3) is 0.800. The lowest BCUT2D eigenvalue weighted by Crippen LogP contribution is -2.02. The second kappa shape index (κ2) is 5.75. The van der Waals surface area contributed by atoms with E-state index in [9.17, 15) is 0 Å². The van der Waals surface area contributed by atoms with Crippen LogP contribution in [0.3, 0.4) is 0 Å². The van der Waals surface area contributed by atoms with E-state index in [2.05, 4.69) is 17.2 Å². The molecule has 0 saturated carbocycles. The van der Waals surface area contributed by atoms with Crippen LogP contribution in [0.2, 0.25) is 0 Å². The van der Waals surface area contributed by atoms with Crippen molar-refractivity contribution in [2.45, 2.75) is 46.1 Å².